The number of benzene rings is 1. The molecule has 0 saturated carbocycles. The molecule has 0 unspecified atom stereocenters. The highest BCUT2D eigenvalue weighted by atomic mass is 32.2. The molecule has 1 saturated heterocycles. The van der Waals surface area contributed by atoms with E-state index in [1.54, 1.807) is 11.8 Å². The number of hydrogen-bond acceptors (Lipinski definition) is 4. The van der Waals surface area contributed by atoms with Crippen LogP contribution in [-0.2, 0) is 6.54 Å². The minimum Gasteiger partial charge on any atom is -0.409 e. The second-order valence-electron chi connectivity index (χ2n) is 5.39. The highest BCUT2D eigenvalue weighted by Crippen LogP contribution is 2.35. The predicted molar refractivity (Wildman–Crippen MR) is 85.3 cm³/mol. The van der Waals surface area contributed by atoms with Crippen LogP contribution in [-0.4, -0.2) is 40.0 Å². The van der Waals surface area contributed by atoms with Crippen LogP contribution in [0.1, 0.15) is 24.0 Å². The third kappa shape index (κ3) is 3.10. The molecule has 0 aromatic heterocycles. The molecule has 0 bridgehead atoms. The zero-order valence-corrected chi connectivity index (χ0v) is 13.0. The van der Waals surface area contributed by atoms with Gasteiger partial charge in [0.15, 0.2) is 5.84 Å². The van der Waals surface area contributed by atoms with Crippen LogP contribution in [0.2, 0.25) is 0 Å². The topological polar surface area (TPSA) is 61.9 Å². The third-order valence-electron chi connectivity index (χ3n) is 4.28. The fourth-order valence-corrected chi connectivity index (χ4v) is 3.60. The van der Waals surface area contributed by atoms with E-state index in [0.29, 0.717) is 5.84 Å². The number of nitrogens with zero attached hydrogens (tertiary/aromatic N) is 2. The van der Waals surface area contributed by atoms with E-state index < -0.39 is 0 Å². The number of hydrogen-bond donors (Lipinski definition) is 2. The van der Waals surface area contributed by atoms with Crippen molar-refractivity contribution >= 4 is 17.6 Å². The van der Waals surface area contributed by atoms with Crippen molar-refractivity contribution in [3.8, 4) is 0 Å². The maximum atomic E-state index is 8.96. The van der Waals surface area contributed by atoms with Crippen LogP contribution in [0.4, 0.5) is 0 Å². The molecule has 1 fully saturated rings. The van der Waals surface area contributed by atoms with Gasteiger partial charge in [-0.1, -0.05) is 29.4 Å². The van der Waals surface area contributed by atoms with Gasteiger partial charge in [-0.25, -0.2) is 0 Å². The number of oxime groups is 1. The quantitative estimate of drug-likeness (QED) is 0.387. The van der Waals surface area contributed by atoms with Crippen molar-refractivity contribution in [1.29, 1.82) is 0 Å². The standard InChI is InChI=1S/C15H23N3OS/c1-12-5-3-4-6-13(12)11-18-9-7-15(20-2,8-10-18)14(16)17-19/h3-6,19H,7-11H2,1-2H3,(H2,16,17). The minimum atomic E-state index is -0.197. The van der Waals surface area contributed by atoms with Crippen molar-refractivity contribution in [1.82, 2.24) is 4.90 Å². The second-order valence-corrected chi connectivity index (χ2v) is 6.58. The summed E-state index contributed by atoms with van der Waals surface area (Å²) >= 11 is 1.69. The predicted octanol–water partition coefficient (Wildman–Crippen LogP) is 2.44. The molecular formula is C15H23N3OS. The Bertz CT molecular complexity index is 482. The van der Waals surface area contributed by atoms with Gasteiger partial charge in [0.2, 0.25) is 0 Å². The van der Waals surface area contributed by atoms with Gasteiger partial charge in [0.25, 0.3) is 0 Å². The fraction of sp³-hybridized carbons (Fsp3) is 0.533. The van der Waals surface area contributed by atoms with E-state index in [9.17, 15) is 0 Å². The number of likely N-dealkylation sites (tertiary alicyclic amines) is 1. The molecule has 1 aromatic carbocycles. The maximum absolute atomic E-state index is 8.96. The molecule has 0 radical (unpaired) electrons. The molecule has 5 heteroatoms. The van der Waals surface area contributed by atoms with Crippen LogP contribution in [0.3, 0.4) is 0 Å². The van der Waals surface area contributed by atoms with E-state index in [4.69, 9.17) is 10.9 Å². The third-order valence-corrected chi connectivity index (χ3v) is 5.68. The average molecular weight is 293 g/mol. The molecular weight excluding hydrogens is 270 g/mol. The van der Waals surface area contributed by atoms with Crippen molar-refractivity contribution < 1.29 is 5.21 Å². The molecule has 3 N–H and O–H groups in total. The lowest BCUT2D eigenvalue weighted by molar-refractivity contribution is 0.209. The zero-order chi connectivity index (χ0) is 14.6. The summed E-state index contributed by atoms with van der Waals surface area (Å²) in [6, 6.07) is 8.51. The maximum Gasteiger partial charge on any atom is 0.155 e. The normalized spacial score (nSPS) is 20.0. The summed E-state index contributed by atoms with van der Waals surface area (Å²) in [5.41, 5.74) is 8.60. The van der Waals surface area contributed by atoms with E-state index in [1.807, 2.05) is 6.26 Å². The van der Waals surface area contributed by atoms with Gasteiger partial charge >= 0.3 is 0 Å². The molecule has 2 rings (SSSR count). The molecule has 1 aromatic rings. The van der Waals surface area contributed by atoms with E-state index in [0.717, 1.165) is 32.5 Å². The molecule has 0 amide bonds. The van der Waals surface area contributed by atoms with Gasteiger partial charge in [-0.3, -0.25) is 4.90 Å². The van der Waals surface area contributed by atoms with Gasteiger partial charge in [-0.2, -0.15) is 11.8 Å². The fourth-order valence-electron chi connectivity index (χ4n) is 2.76. The average Bonchev–Trinajstić information content (AvgIpc) is 2.50. The number of rotatable bonds is 4. The Hall–Kier alpha value is -1.20. The van der Waals surface area contributed by atoms with Crippen LogP contribution in [0.25, 0.3) is 0 Å². The van der Waals surface area contributed by atoms with E-state index in [1.165, 1.54) is 11.1 Å². The molecule has 0 aliphatic carbocycles. The lowest BCUT2D eigenvalue weighted by Gasteiger charge is -2.39. The van der Waals surface area contributed by atoms with Crippen LogP contribution < -0.4 is 5.73 Å². The van der Waals surface area contributed by atoms with Crippen molar-refractivity contribution in [2.24, 2.45) is 10.9 Å². The van der Waals surface area contributed by atoms with Crippen LogP contribution in [0.5, 0.6) is 0 Å². The summed E-state index contributed by atoms with van der Waals surface area (Å²) in [5, 5.41) is 12.2. The van der Waals surface area contributed by atoms with Crippen LogP contribution in [0, 0.1) is 6.92 Å². The minimum absolute atomic E-state index is 0.197. The molecule has 0 spiro atoms. The van der Waals surface area contributed by atoms with Gasteiger partial charge in [0, 0.05) is 19.6 Å². The summed E-state index contributed by atoms with van der Waals surface area (Å²) in [6.07, 6.45) is 3.89. The molecule has 1 aliphatic heterocycles. The van der Waals surface area contributed by atoms with E-state index in [-0.39, 0.29) is 4.75 Å². The summed E-state index contributed by atoms with van der Waals surface area (Å²) in [5.74, 6) is 0.362. The summed E-state index contributed by atoms with van der Waals surface area (Å²) in [4.78, 5) is 2.45. The van der Waals surface area contributed by atoms with E-state index in [2.05, 4.69) is 41.2 Å². The zero-order valence-electron chi connectivity index (χ0n) is 12.2. The number of thioether (sulfide) groups is 1. The van der Waals surface area contributed by atoms with Gasteiger partial charge in [-0.05, 0) is 37.1 Å². The smallest absolute Gasteiger partial charge is 0.155 e. The molecule has 1 aliphatic rings. The van der Waals surface area contributed by atoms with Gasteiger partial charge in [0.1, 0.15) is 0 Å². The Kier molecular flexibility index (Phi) is 4.94. The largest absolute Gasteiger partial charge is 0.409 e. The number of piperidine rings is 1. The van der Waals surface area contributed by atoms with Crippen molar-refractivity contribution in [2.45, 2.75) is 31.1 Å². The number of amidine groups is 1. The number of nitrogens with two attached hydrogens (primary N) is 1. The van der Waals surface area contributed by atoms with Crippen LogP contribution >= 0.6 is 11.8 Å². The molecule has 4 nitrogen and oxygen atoms in total. The van der Waals surface area contributed by atoms with Crippen LogP contribution in [0.15, 0.2) is 29.4 Å². The Labute approximate surface area is 125 Å². The van der Waals surface area contributed by atoms with Crippen molar-refractivity contribution in [3.63, 3.8) is 0 Å². The Morgan fingerprint density at radius 3 is 2.60 bits per heavy atom. The highest BCUT2D eigenvalue weighted by molar-refractivity contribution is 8.00. The monoisotopic (exact) mass is 293 g/mol. The van der Waals surface area contributed by atoms with Gasteiger partial charge in [-0.15, -0.1) is 0 Å². The van der Waals surface area contributed by atoms with Gasteiger partial charge < -0.3 is 10.9 Å². The second kappa shape index (κ2) is 6.50. The summed E-state index contributed by atoms with van der Waals surface area (Å²) in [6.45, 7) is 5.09. The number of aryl methyl sites for hydroxylation is 1. The van der Waals surface area contributed by atoms with Gasteiger partial charge in [0.05, 0.1) is 4.75 Å². The SMILES string of the molecule is CSC1(C(N)=NO)CCN(Cc2ccccc2C)CC1. The summed E-state index contributed by atoms with van der Waals surface area (Å²) < 4.78 is -0.197. The molecule has 1 heterocycles. The molecule has 0 atom stereocenters. The first kappa shape index (κ1) is 15.2. The lowest BCUT2D eigenvalue weighted by atomic mass is 9.94. The van der Waals surface area contributed by atoms with E-state index >= 15 is 0 Å². The van der Waals surface area contributed by atoms with Crippen molar-refractivity contribution in [3.05, 3.63) is 35.4 Å². The Morgan fingerprint density at radius 1 is 1.40 bits per heavy atom. The Morgan fingerprint density at radius 2 is 2.05 bits per heavy atom. The molecule has 20 heavy (non-hydrogen) atoms. The highest BCUT2D eigenvalue weighted by Gasteiger charge is 2.38. The first-order chi connectivity index (χ1) is 9.61. The summed E-state index contributed by atoms with van der Waals surface area (Å²) in [7, 11) is 0. The first-order valence-electron chi connectivity index (χ1n) is 6.91. The molecule has 110 valence electrons. The lowest BCUT2D eigenvalue weighted by Crippen LogP contribution is -2.49. The Balaban J connectivity index is 1.99. The first-order valence-corrected chi connectivity index (χ1v) is 8.14. The van der Waals surface area contributed by atoms with Crippen molar-refractivity contribution in [2.75, 3.05) is 19.3 Å².